The Bertz CT molecular complexity index is 886. The second kappa shape index (κ2) is 7.59. The monoisotopic (exact) mass is 384 g/mol. The third-order valence-corrected chi connectivity index (χ3v) is 5.90. The van der Waals surface area contributed by atoms with E-state index in [1.54, 1.807) is 56.7 Å². The lowest BCUT2D eigenvalue weighted by Gasteiger charge is -2.08. The number of hydrogen-bond donors (Lipinski definition) is 1. The summed E-state index contributed by atoms with van der Waals surface area (Å²) in [6, 6.07) is 6.89. The molecule has 6 nitrogen and oxygen atoms in total. The van der Waals surface area contributed by atoms with Gasteiger partial charge in [-0.3, -0.25) is 0 Å². The quantitative estimate of drug-likeness (QED) is 0.777. The Balaban J connectivity index is 2.34. The minimum atomic E-state index is -3.79. The predicted octanol–water partition coefficient (Wildman–Crippen LogP) is 2.95. The molecule has 1 N–H and O–H groups in total. The average molecular weight is 385 g/mol. The van der Waals surface area contributed by atoms with Crippen molar-refractivity contribution >= 4 is 27.6 Å². The Hall–Kier alpha value is -1.83. The number of esters is 1. The largest absolute Gasteiger partial charge is 0.461 e. The first-order chi connectivity index (χ1) is 11.7. The average Bonchev–Trinajstić information content (AvgIpc) is 2.77. The summed E-state index contributed by atoms with van der Waals surface area (Å²) in [7, 11) is -2.15. The number of carbonyl (C=O) groups excluding carboxylic acids is 1. The van der Waals surface area contributed by atoms with Gasteiger partial charge < -0.3 is 9.30 Å². The van der Waals surface area contributed by atoms with Gasteiger partial charge in [0.25, 0.3) is 0 Å². The van der Waals surface area contributed by atoms with Crippen molar-refractivity contribution in [1.82, 2.24) is 9.29 Å². The molecule has 0 radical (unpaired) electrons. The number of ether oxygens (including phenoxy) is 1. The molecule has 0 bridgehead atoms. The molecule has 8 heteroatoms. The molecule has 0 fully saturated rings. The molecule has 0 aliphatic rings. The molecule has 136 valence electrons. The van der Waals surface area contributed by atoms with Gasteiger partial charge in [0.15, 0.2) is 0 Å². The Morgan fingerprint density at radius 1 is 1.24 bits per heavy atom. The van der Waals surface area contributed by atoms with Gasteiger partial charge in [-0.1, -0.05) is 23.7 Å². The van der Waals surface area contributed by atoms with Crippen LogP contribution in [0.5, 0.6) is 0 Å². The van der Waals surface area contributed by atoms with Gasteiger partial charge in [-0.25, -0.2) is 17.9 Å². The van der Waals surface area contributed by atoms with Gasteiger partial charge in [0.1, 0.15) is 10.6 Å². The van der Waals surface area contributed by atoms with E-state index in [2.05, 4.69) is 4.72 Å². The van der Waals surface area contributed by atoms with Crippen LogP contribution in [0.15, 0.2) is 29.2 Å². The van der Waals surface area contributed by atoms with Crippen molar-refractivity contribution in [2.24, 2.45) is 7.05 Å². The lowest BCUT2D eigenvalue weighted by atomic mass is 10.2. The van der Waals surface area contributed by atoms with Crippen molar-refractivity contribution in [2.45, 2.75) is 32.2 Å². The van der Waals surface area contributed by atoms with Crippen LogP contribution in [0.3, 0.4) is 0 Å². The second-order valence-electron chi connectivity index (χ2n) is 5.62. The van der Waals surface area contributed by atoms with E-state index >= 15 is 0 Å². The molecule has 0 aliphatic heterocycles. The van der Waals surface area contributed by atoms with Crippen molar-refractivity contribution in [3.8, 4) is 0 Å². The van der Waals surface area contributed by atoms with Crippen molar-refractivity contribution in [3.63, 3.8) is 0 Å². The number of carbonyl (C=O) groups is 1. The van der Waals surface area contributed by atoms with E-state index in [-0.39, 0.29) is 23.7 Å². The maximum atomic E-state index is 12.8. The highest BCUT2D eigenvalue weighted by atomic mass is 35.5. The van der Waals surface area contributed by atoms with E-state index in [0.717, 1.165) is 5.56 Å². The number of nitrogens with zero attached hydrogens (tertiary/aromatic N) is 1. The number of sulfonamides is 1. The summed E-state index contributed by atoms with van der Waals surface area (Å²) in [6.45, 7) is 5.32. The van der Waals surface area contributed by atoms with Crippen LogP contribution in [0.2, 0.25) is 5.02 Å². The lowest BCUT2D eigenvalue weighted by Crippen LogP contribution is -2.24. The van der Waals surface area contributed by atoms with Crippen molar-refractivity contribution < 1.29 is 17.9 Å². The highest BCUT2D eigenvalue weighted by molar-refractivity contribution is 7.89. The second-order valence-corrected chi connectivity index (χ2v) is 7.76. The van der Waals surface area contributed by atoms with Gasteiger partial charge in [0.05, 0.1) is 6.61 Å². The van der Waals surface area contributed by atoms with Crippen LogP contribution in [0.25, 0.3) is 0 Å². The SMILES string of the molecule is CCOC(=O)c1c(C)c(S(=O)(=O)NCc2ccc(Cl)cc2)c(C)n1C. The Morgan fingerprint density at radius 2 is 1.84 bits per heavy atom. The zero-order chi connectivity index (χ0) is 18.8. The van der Waals surface area contributed by atoms with Gasteiger partial charge in [0.2, 0.25) is 10.0 Å². The third-order valence-electron chi connectivity index (χ3n) is 3.98. The Morgan fingerprint density at radius 3 is 2.40 bits per heavy atom. The molecule has 0 atom stereocenters. The Labute approximate surface area is 152 Å². The molecular weight excluding hydrogens is 364 g/mol. The van der Waals surface area contributed by atoms with Gasteiger partial charge in [-0.05, 0) is 38.5 Å². The normalized spacial score (nSPS) is 11.6. The summed E-state index contributed by atoms with van der Waals surface area (Å²) in [4.78, 5) is 12.2. The zero-order valence-corrected chi connectivity index (χ0v) is 16.2. The number of hydrogen-bond acceptors (Lipinski definition) is 4. The first-order valence-corrected chi connectivity index (χ1v) is 9.62. The molecule has 2 rings (SSSR count). The number of aromatic nitrogens is 1. The van der Waals surface area contributed by atoms with E-state index in [9.17, 15) is 13.2 Å². The van der Waals surface area contributed by atoms with E-state index in [4.69, 9.17) is 16.3 Å². The summed E-state index contributed by atoms with van der Waals surface area (Å²) >= 11 is 5.83. The molecule has 0 spiro atoms. The molecule has 0 aliphatic carbocycles. The van der Waals surface area contributed by atoms with Gasteiger partial charge in [0, 0.05) is 29.9 Å². The van der Waals surface area contributed by atoms with Crippen LogP contribution in [-0.4, -0.2) is 25.6 Å². The highest BCUT2D eigenvalue weighted by Gasteiger charge is 2.29. The summed E-state index contributed by atoms with van der Waals surface area (Å²) in [5, 5.41) is 0.584. The van der Waals surface area contributed by atoms with Crippen LogP contribution >= 0.6 is 11.6 Å². The van der Waals surface area contributed by atoms with Crippen LogP contribution in [0.4, 0.5) is 0 Å². The van der Waals surface area contributed by atoms with Crippen LogP contribution in [-0.2, 0) is 28.4 Å². The number of nitrogens with one attached hydrogen (secondary N) is 1. The number of rotatable bonds is 6. The van der Waals surface area contributed by atoms with E-state index in [1.165, 1.54) is 0 Å². The first-order valence-electron chi connectivity index (χ1n) is 7.76. The summed E-state index contributed by atoms with van der Waals surface area (Å²) in [5.41, 5.74) is 1.88. The Kier molecular flexibility index (Phi) is 5.92. The van der Waals surface area contributed by atoms with E-state index < -0.39 is 16.0 Å². The lowest BCUT2D eigenvalue weighted by molar-refractivity contribution is 0.0514. The van der Waals surface area contributed by atoms with Gasteiger partial charge in [-0.15, -0.1) is 0 Å². The number of benzene rings is 1. The fraction of sp³-hybridized carbons (Fsp3) is 0.353. The maximum Gasteiger partial charge on any atom is 0.355 e. The molecule has 0 saturated heterocycles. The van der Waals surface area contributed by atoms with Crippen LogP contribution < -0.4 is 4.72 Å². The molecule has 0 amide bonds. The maximum absolute atomic E-state index is 12.8. The van der Waals surface area contributed by atoms with Gasteiger partial charge >= 0.3 is 5.97 Å². The van der Waals surface area contributed by atoms with Crippen molar-refractivity contribution in [3.05, 3.63) is 51.8 Å². The van der Waals surface area contributed by atoms with Crippen molar-refractivity contribution in [2.75, 3.05) is 6.61 Å². The van der Waals surface area contributed by atoms with Crippen LogP contribution in [0, 0.1) is 13.8 Å². The zero-order valence-electron chi connectivity index (χ0n) is 14.6. The molecule has 25 heavy (non-hydrogen) atoms. The molecule has 1 aromatic heterocycles. The highest BCUT2D eigenvalue weighted by Crippen LogP contribution is 2.26. The minimum absolute atomic E-state index is 0.104. The summed E-state index contributed by atoms with van der Waals surface area (Å²) < 4.78 is 34.7. The minimum Gasteiger partial charge on any atom is -0.461 e. The van der Waals surface area contributed by atoms with E-state index in [1.807, 2.05) is 0 Å². The third kappa shape index (κ3) is 4.05. The molecule has 0 saturated carbocycles. The molecule has 1 aromatic carbocycles. The smallest absolute Gasteiger partial charge is 0.355 e. The summed E-state index contributed by atoms with van der Waals surface area (Å²) in [6.07, 6.45) is 0. The fourth-order valence-electron chi connectivity index (χ4n) is 2.69. The van der Waals surface area contributed by atoms with Crippen LogP contribution in [0.1, 0.15) is 34.2 Å². The topological polar surface area (TPSA) is 77.4 Å². The van der Waals surface area contributed by atoms with Gasteiger partial charge in [-0.2, -0.15) is 0 Å². The predicted molar refractivity (Wildman–Crippen MR) is 96.3 cm³/mol. The molecular formula is C17H21ClN2O4S. The summed E-state index contributed by atoms with van der Waals surface area (Å²) in [5.74, 6) is -0.537. The fourth-order valence-corrected chi connectivity index (χ4v) is 4.34. The standard InChI is InChI=1S/C17H21ClN2O4S/c1-5-24-17(21)15-11(2)16(12(3)20(15)4)25(22,23)19-10-13-6-8-14(18)9-7-13/h6-9,19H,5,10H2,1-4H3. The molecule has 1 heterocycles. The van der Waals surface area contributed by atoms with Crippen molar-refractivity contribution in [1.29, 1.82) is 0 Å². The molecule has 0 unspecified atom stereocenters. The number of halogens is 1. The van der Waals surface area contributed by atoms with E-state index in [0.29, 0.717) is 16.3 Å². The molecule has 2 aromatic rings. The first kappa shape index (κ1) is 19.5.